The first-order valence-corrected chi connectivity index (χ1v) is 5.43. The van der Waals surface area contributed by atoms with E-state index >= 15 is 0 Å². The van der Waals surface area contributed by atoms with Gasteiger partial charge in [-0.15, -0.1) is 0 Å². The van der Waals surface area contributed by atoms with Gasteiger partial charge in [-0.2, -0.15) is 5.10 Å². The molecule has 4 nitrogen and oxygen atoms in total. The van der Waals surface area contributed by atoms with Crippen molar-refractivity contribution >= 4 is 16.6 Å². The minimum Gasteiger partial charge on any atom is -0.399 e. The number of pyridine rings is 1. The molecule has 2 aromatic heterocycles. The Morgan fingerprint density at radius 1 is 1.24 bits per heavy atom. The standard InChI is InChI=1S/C13H12N4/c14-12-3-4-13-11(6-12)9-17(16-13)8-10-2-1-5-15-7-10/h1-7,9H,8,14H2. The fourth-order valence-corrected chi connectivity index (χ4v) is 1.85. The number of aromatic nitrogens is 3. The molecule has 2 heterocycles. The molecule has 3 rings (SSSR count). The van der Waals surface area contributed by atoms with Crippen LogP contribution in [0.3, 0.4) is 0 Å². The maximum atomic E-state index is 5.74. The van der Waals surface area contributed by atoms with Gasteiger partial charge in [0.2, 0.25) is 0 Å². The molecule has 0 fully saturated rings. The van der Waals surface area contributed by atoms with Gasteiger partial charge in [-0.05, 0) is 29.8 Å². The summed E-state index contributed by atoms with van der Waals surface area (Å²) >= 11 is 0. The van der Waals surface area contributed by atoms with Gasteiger partial charge in [-0.3, -0.25) is 9.67 Å². The first kappa shape index (κ1) is 9.84. The van der Waals surface area contributed by atoms with E-state index in [1.807, 2.05) is 47.4 Å². The van der Waals surface area contributed by atoms with Crippen LogP contribution in [0.25, 0.3) is 10.9 Å². The normalized spacial score (nSPS) is 10.8. The van der Waals surface area contributed by atoms with Crippen molar-refractivity contribution in [1.82, 2.24) is 14.8 Å². The highest BCUT2D eigenvalue weighted by molar-refractivity contribution is 5.81. The highest BCUT2D eigenvalue weighted by Gasteiger charge is 2.01. The summed E-state index contributed by atoms with van der Waals surface area (Å²) in [7, 11) is 0. The second-order valence-corrected chi connectivity index (χ2v) is 4.01. The van der Waals surface area contributed by atoms with Gasteiger partial charge < -0.3 is 5.73 Å². The van der Waals surface area contributed by atoms with Crippen LogP contribution in [-0.2, 0) is 6.54 Å². The summed E-state index contributed by atoms with van der Waals surface area (Å²) in [6, 6.07) is 9.69. The van der Waals surface area contributed by atoms with E-state index in [1.165, 1.54) is 0 Å². The Labute approximate surface area is 98.7 Å². The molecular weight excluding hydrogens is 212 g/mol. The molecule has 84 valence electrons. The molecule has 0 bridgehead atoms. The van der Waals surface area contributed by atoms with E-state index in [0.717, 1.165) is 28.7 Å². The van der Waals surface area contributed by atoms with Crippen LogP contribution in [0.2, 0.25) is 0 Å². The van der Waals surface area contributed by atoms with E-state index in [0.29, 0.717) is 0 Å². The number of nitrogens with two attached hydrogens (primary N) is 1. The average Bonchev–Trinajstić information content (AvgIpc) is 2.71. The summed E-state index contributed by atoms with van der Waals surface area (Å²) in [6.07, 6.45) is 5.61. The molecule has 0 aliphatic carbocycles. The Bertz CT molecular complexity index is 643. The Hall–Kier alpha value is -2.36. The van der Waals surface area contributed by atoms with Crippen molar-refractivity contribution in [3.63, 3.8) is 0 Å². The van der Waals surface area contributed by atoms with Crippen molar-refractivity contribution < 1.29 is 0 Å². The van der Waals surface area contributed by atoms with Crippen molar-refractivity contribution in [3.05, 3.63) is 54.5 Å². The summed E-state index contributed by atoms with van der Waals surface area (Å²) in [4.78, 5) is 4.09. The molecular formula is C13H12N4. The summed E-state index contributed by atoms with van der Waals surface area (Å²) in [5, 5.41) is 5.55. The van der Waals surface area contributed by atoms with E-state index < -0.39 is 0 Å². The average molecular weight is 224 g/mol. The Balaban J connectivity index is 1.96. The van der Waals surface area contributed by atoms with E-state index in [1.54, 1.807) is 6.20 Å². The molecule has 0 unspecified atom stereocenters. The highest BCUT2D eigenvalue weighted by atomic mass is 15.3. The van der Waals surface area contributed by atoms with Crippen LogP contribution in [0.5, 0.6) is 0 Å². The third kappa shape index (κ3) is 1.97. The number of nitrogens with zero attached hydrogens (tertiary/aromatic N) is 3. The first-order chi connectivity index (χ1) is 8.31. The molecule has 17 heavy (non-hydrogen) atoms. The molecule has 2 N–H and O–H groups in total. The molecule has 0 amide bonds. The zero-order valence-corrected chi connectivity index (χ0v) is 9.24. The monoisotopic (exact) mass is 224 g/mol. The van der Waals surface area contributed by atoms with Crippen molar-refractivity contribution in [2.75, 3.05) is 5.73 Å². The van der Waals surface area contributed by atoms with Gasteiger partial charge in [0.05, 0.1) is 12.1 Å². The van der Waals surface area contributed by atoms with Gasteiger partial charge in [-0.25, -0.2) is 0 Å². The largest absolute Gasteiger partial charge is 0.399 e. The predicted octanol–water partition coefficient (Wildman–Crippen LogP) is 2.06. The number of hydrogen-bond acceptors (Lipinski definition) is 3. The Kier molecular flexibility index (Phi) is 2.26. The van der Waals surface area contributed by atoms with Crippen LogP contribution in [0.1, 0.15) is 5.56 Å². The molecule has 0 atom stereocenters. The van der Waals surface area contributed by atoms with E-state index in [-0.39, 0.29) is 0 Å². The van der Waals surface area contributed by atoms with Gasteiger partial charge in [0.1, 0.15) is 0 Å². The van der Waals surface area contributed by atoms with Crippen LogP contribution in [0, 0.1) is 0 Å². The third-order valence-corrected chi connectivity index (χ3v) is 2.64. The molecule has 1 aromatic carbocycles. The Morgan fingerprint density at radius 2 is 2.18 bits per heavy atom. The number of benzene rings is 1. The Morgan fingerprint density at radius 3 is 3.00 bits per heavy atom. The fraction of sp³-hybridized carbons (Fsp3) is 0.0769. The number of nitrogen functional groups attached to an aromatic ring is 1. The van der Waals surface area contributed by atoms with Crippen molar-refractivity contribution in [2.24, 2.45) is 0 Å². The maximum absolute atomic E-state index is 5.74. The maximum Gasteiger partial charge on any atom is 0.0924 e. The lowest BCUT2D eigenvalue weighted by Crippen LogP contribution is -1.99. The smallest absolute Gasteiger partial charge is 0.0924 e. The SMILES string of the molecule is Nc1ccc2nn(Cc3cccnc3)cc2c1. The van der Waals surface area contributed by atoms with Crippen LogP contribution >= 0.6 is 0 Å². The lowest BCUT2D eigenvalue weighted by molar-refractivity contribution is 0.693. The molecule has 3 aromatic rings. The zero-order chi connectivity index (χ0) is 11.7. The van der Waals surface area contributed by atoms with Crippen LogP contribution in [0.4, 0.5) is 5.69 Å². The number of rotatable bonds is 2. The second kappa shape index (κ2) is 3.90. The number of fused-ring (bicyclic) bond motifs is 1. The van der Waals surface area contributed by atoms with Gasteiger partial charge in [0, 0.05) is 29.7 Å². The molecule has 0 saturated carbocycles. The van der Waals surface area contributed by atoms with Crippen molar-refractivity contribution in [3.8, 4) is 0 Å². The van der Waals surface area contributed by atoms with E-state index in [9.17, 15) is 0 Å². The number of anilines is 1. The van der Waals surface area contributed by atoms with Crippen LogP contribution < -0.4 is 5.73 Å². The first-order valence-electron chi connectivity index (χ1n) is 5.43. The van der Waals surface area contributed by atoms with E-state index in [4.69, 9.17) is 5.73 Å². The lowest BCUT2D eigenvalue weighted by Gasteiger charge is -1.99. The highest BCUT2D eigenvalue weighted by Crippen LogP contribution is 2.16. The summed E-state index contributed by atoms with van der Waals surface area (Å²) < 4.78 is 1.90. The predicted molar refractivity (Wildman–Crippen MR) is 67.5 cm³/mol. The van der Waals surface area contributed by atoms with Crippen molar-refractivity contribution in [1.29, 1.82) is 0 Å². The summed E-state index contributed by atoms with van der Waals surface area (Å²) in [5.41, 5.74) is 8.59. The van der Waals surface area contributed by atoms with Gasteiger partial charge in [0.15, 0.2) is 0 Å². The van der Waals surface area contributed by atoms with Crippen LogP contribution in [-0.4, -0.2) is 14.8 Å². The van der Waals surface area contributed by atoms with Gasteiger partial charge in [-0.1, -0.05) is 6.07 Å². The molecule has 0 aliphatic rings. The molecule has 0 spiro atoms. The minimum atomic E-state index is 0.725. The fourth-order valence-electron chi connectivity index (χ4n) is 1.85. The number of hydrogen-bond donors (Lipinski definition) is 1. The van der Waals surface area contributed by atoms with Crippen molar-refractivity contribution in [2.45, 2.75) is 6.54 Å². The molecule has 0 radical (unpaired) electrons. The minimum absolute atomic E-state index is 0.725. The van der Waals surface area contributed by atoms with Gasteiger partial charge in [0.25, 0.3) is 0 Å². The molecule has 0 saturated heterocycles. The molecule has 4 heteroatoms. The summed E-state index contributed by atoms with van der Waals surface area (Å²) in [6.45, 7) is 0.725. The zero-order valence-electron chi connectivity index (χ0n) is 9.24. The third-order valence-electron chi connectivity index (χ3n) is 2.64. The quantitative estimate of drug-likeness (QED) is 0.678. The molecule has 0 aliphatic heterocycles. The summed E-state index contributed by atoms with van der Waals surface area (Å²) in [5.74, 6) is 0. The van der Waals surface area contributed by atoms with Gasteiger partial charge >= 0.3 is 0 Å². The van der Waals surface area contributed by atoms with Crippen LogP contribution in [0.15, 0.2) is 48.9 Å². The topological polar surface area (TPSA) is 56.7 Å². The lowest BCUT2D eigenvalue weighted by atomic mass is 10.2. The van der Waals surface area contributed by atoms with E-state index in [2.05, 4.69) is 10.1 Å². The second-order valence-electron chi connectivity index (χ2n) is 4.01.